The summed E-state index contributed by atoms with van der Waals surface area (Å²) < 4.78 is 30.3. The van der Waals surface area contributed by atoms with E-state index >= 15 is 0 Å². The third kappa shape index (κ3) is 4.81. The number of aromatic hydroxyl groups is 1. The van der Waals surface area contributed by atoms with E-state index in [1.807, 2.05) is 48.5 Å². The number of hydrogen-bond acceptors (Lipinski definition) is 8. The van der Waals surface area contributed by atoms with Crippen LogP contribution in [-0.2, 0) is 19.3 Å². The summed E-state index contributed by atoms with van der Waals surface area (Å²) in [5.41, 5.74) is 5.23. The van der Waals surface area contributed by atoms with Crippen LogP contribution < -0.4 is 23.7 Å². The van der Waals surface area contributed by atoms with Gasteiger partial charge in [0, 0.05) is 30.8 Å². The zero-order valence-corrected chi connectivity index (χ0v) is 25.2. The maximum atomic E-state index is 11.2. The van der Waals surface area contributed by atoms with Crippen molar-refractivity contribution in [1.82, 2.24) is 9.88 Å². The first-order valence-electron chi connectivity index (χ1n) is 14.7. The van der Waals surface area contributed by atoms with Crippen molar-refractivity contribution in [3.63, 3.8) is 0 Å². The Morgan fingerprint density at radius 1 is 0.818 bits per heavy atom. The van der Waals surface area contributed by atoms with Gasteiger partial charge in [-0.15, -0.1) is 0 Å². The number of methoxy groups -OCH3 is 3. The van der Waals surface area contributed by atoms with E-state index in [1.165, 1.54) is 12.7 Å². The molecule has 0 spiro atoms. The van der Waals surface area contributed by atoms with Gasteiger partial charge in [0.15, 0.2) is 23.0 Å². The highest BCUT2D eigenvalue weighted by molar-refractivity contribution is 5.95. The molecule has 224 valence electrons. The number of likely N-dealkylation sites (N-methyl/N-ethyl adjacent to an activating group) is 1. The van der Waals surface area contributed by atoms with Gasteiger partial charge in [0.2, 0.25) is 11.5 Å². The minimum atomic E-state index is -0.0613. The predicted octanol–water partition coefficient (Wildman–Crippen LogP) is 7.23. The van der Waals surface area contributed by atoms with E-state index in [2.05, 4.69) is 30.1 Å². The molecule has 1 N–H and O–H groups in total. The Morgan fingerprint density at radius 3 is 2.18 bits per heavy atom. The molecule has 5 aliphatic heterocycles. The molecule has 1 atom stereocenters. The Bertz CT molecular complexity index is 1850. The molecule has 4 bridgehead atoms. The second-order valence-corrected chi connectivity index (χ2v) is 11.2. The molecule has 0 aliphatic carbocycles. The molecule has 4 aromatic carbocycles. The van der Waals surface area contributed by atoms with Crippen LogP contribution >= 0.6 is 0 Å². The van der Waals surface area contributed by atoms with Crippen LogP contribution in [0.4, 0.5) is 0 Å². The maximum absolute atomic E-state index is 11.2. The number of pyridine rings is 1. The Kier molecular flexibility index (Phi) is 7.14. The van der Waals surface area contributed by atoms with Crippen LogP contribution in [0, 0.1) is 0 Å². The molecule has 0 amide bonds. The van der Waals surface area contributed by atoms with Crippen molar-refractivity contribution in [2.45, 2.75) is 25.3 Å². The lowest BCUT2D eigenvalue weighted by Crippen LogP contribution is -2.34. The van der Waals surface area contributed by atoms with Crippen LogP contribution in [0.1, 0.15) is 34.0 Å². The summed E-state index contributed by atoms with van der Waals surface area (Å²) in [5, 5.41) is 12.8. The average Bonchev–Trinajstić information content (AvgIpc) is 3.04. The fraction of sp³-hybridized carbons (Fsp3) is 0.250. The number of nitrogens with zero attached hydrogens (tertiary/aromatic N) is 2. The molecule has 0 saturated heterocycles. The van der Waals surface area contributed by atoms with Crippen LogP contribution in [0.25, 0.3) is 10.8 Å². The monoisotopic (exact) mass is 590 g/mol. The summed E-state index contributed by atoms with van der Waals surface area (Å²) in [7, 11) is 6.99. The van der Waals surface area contributed by atoms with Crippen LogP contribution in [0.3, 0.4) is 0 Å². The van der Waals surface area contributed by atoms with Gasteiger partial charge < -0.3 is 28.8 Å². The Morgan fingerprint density at radius 2 is 1.50 bits per heavy atom. The van der Waals surface area contributed by atoms with Gasteiger partial charge in [0.05, 0.1) is 32.4 Å². The Labute approximate surface area is 256 Å². The molecule has 0 radical (unpaired) electrons. The Hall–Kier alpha value is -4.95. The lowest BCUT2D eigenvalue weighted by Gasteiger charge is -2.36. The number of hydrogen-bond donors (Lipinski definition) is 1. The van der Waals surface area contributed by atoms with Crippen LogP contribution in [0.2, 0.25) is 0 Å². The van der Waals surface area contributed by atoms with E-state index in [4.69, 9.17) is 28.7 Å². The molecule has 0 fully saturated rings. The minimum absolute atomic E-state index is 0.0403. The summed E-state index contributed by atoms with van der Waals surface area (Å²) in [6.45, 7) is 0.904. The van der Waals surface area contributed by atoms with E-state index in [0.717, 1.165) is 52.5 Å². The Balaban J connectivity index is 1.43. The highest BCUT2D eigenvalue weighted by Crippen LogP contribution is 2.50. The van der Waals surface area contributed by atoms with Gasteiger partial charge in [-0.25, -0.2) is 0 Å². The van der Waals surface area contributed by atoms with Crippen molar-refractivity contribution in [3.05, 3.63) is 101 Å². The fourth-order valence-corrected chi connectivity index (χ4v) is 6.39. The maximum Gasteiger partial charge on any atom is 0.204 e. The molecule has 1 aromatic heterocycles. The third-order valence-corrected chi connectivity index (χ3v) is 8.68. The van der Waals surface area contributed by atoms with Gasteiger partial charge >= 0.3 is 0 Å². The van der Waals surface area contributed by atoms with E-state index in [0.29, 0.717) is 46.7 Å². The SMILES string of the molecule is COc1cc2ccnc3c2c(c1O)Oc1ccc(cc1)C[C@@H]1c2c(cc(OC)c(OC)c2Oc2ccc(cc2)C3)CCN1C. The lowest BCUT2D eigenvalue weighted by molar-refractivity contribution is 0.221. The van der Waals surface area contributed by atoms with E-state index < -0.39 is 0 Å². The largest absolute Gasteiger partial charge is 0.502 e. The van der Waals surface area contributed by atoms with Crippen LogP contribution in [0.15, 0.2) is 72.9 Å². The first-order chi connectivity index (χ1) is 21.5. The zero-order valence-electron chi connectivity index (χ0n) is 25.2. The predicted molar refractivity (Wildman–Crippen MR) is 168 cm³/mol. The zero-order chi connectivity index (χ0) is 30.4. The number of ether oxygens (including phenoxy) is 5. The summed E-state index contributed by atoms with van der Waals surface area (Å²) >= 11 is 0. The number of aromatic nitrogens is 1. The van der Waals surface area contributed by atoms with Crippen molar-refractivity contribution in [2.75, 3.05) is 34.9 Å². The van der Waals surface area contributed by atoms with Crippen molar-refractivity contribution in [2.24, 2.45) is 0 Å². The van der Waals surface area contributed by atoms with E-state index in [1.54, 1.807) is 20.4 Å². The summed E-state index contributed by atoms with van der Waals surface area (Å²) in [4.78, 5) is 7.07. The molecule has 8 nitrogen and oxygen atoms in total. The topological polar surface area (TPSA) is 82.5 Å². The highest BCUT2D eigenvalue weighted by atomic mass is 16.5. The summed E-state index contributed by atoms with van der Waals surface area (Å²) in [6.07, 6.45) is 3.90. The minimum Gasteiger partial charge on any atom is -0.502 e. The number of phenolic OH excluding ortho intramolecular Hbond substituents is 1. The molecule has 5 aliphatic rings. The molecule has 6 heterocycles. The molecule has 44 heavy (non-hydrogen) atoms. The number of phenols is 1. The number of benzene rings is 4. The molecule has 0 saturated carbocycles. The standard InChI is InChI=1S/C36H34N2O6/c1-38-16-14-24-20-30(41-3)34(42-4)36-32(24)28(38)18-22-7-11-25(12-8-22)43-35-31-23(19-29(40-2)33(35)39)13-15-37-27(31)17-21-5-9-26(44-36)10-6-21/h5-13,15,19-20,28,39H,14,16-18H2,1-4H3/t28-/m1/s1. The lowest BCUT2D eigenvalue weighted by atomic mass is 9.87. The second-order valence-electron chi connectivity index (χ2n) is 11.2. The van der Waals surface area contributed by atoms with Crippen LogP contribution in [-0.4, -0.2) is 49.9 Å². The first-order valence-corrected chi connectivity index (χ1v) is 14.7. The van der Waals surface area contributed by atoms with Gasteiger partial charge in [-0.05, 0) is 84.4 Å². The molecule has 5 aromatic rings. The molecule has 0 unspecified atom stereocenters. The molecule has 8 heteroatoms. The van der Waals surface area contributed by atoms with Gasteiger partial charge in [-0.3, -0.25) is 9.88 Å². The smallest absolute Gasteiger partial charge is 0.204 e. The van der Waals surface area contributed by atoms with Crippen molar-refractivity contribution in [1.29, 1.82) is 0 Å². The molecular formula is C36H34N2O6. The third-order valence-electron chi connectivity index (χ3n) is 8.68. The van der Waals surface area contributed by atoms with E-state index in [9.17, 15) is 5.11 Å². The average molecular weight is 591 g/mol. The molecule has 10 rings (SSSR count). The summed E-state index contributed by atoms with van der Waals surface area (Å²) in [6, 6.07) is 21.8. The van der Waals surface area contributed by atoms with Gasteiger partial charge in [-0.2, -0.15) is 0 Å². The normalized spacial score (nSPS) is 16.0. The van der Waals surface area contributed by atoms with E-state index in [-0.39, 0.29) is 11.8 Å². The summed E-state index contributed by atoms with van der Waals surface area (Å²) in [5.74, 6) is 3.81. The number of rotatable bonds is 3. The quantitative estimate of drug-likeness (QED) is 0.236. The fourth-order valence-electron chi connectivity index (χ4n) is 6.39. The van der Waals surface area contributed by atoms with Crippen molar-refractivity contribution in [3.8, 4) is 46.0 Å². The van der Waals surface area contributed by atoms with Gasteiger partial charge in [-0.1, -0.05) is 24.3 Å². The van der Waals surface area contributed by atoms with Crippen LogP contribution in [0.5, 0.6) is 46.0 Å². The second kappa shape index (κ2) is 11.3. The van der Waals surface area contributed by atoms with Crippen molar-refractivity contribution >= 4 is 10.8 Å². The first kappa shape index (κ1) is 27.9. The van der Waals surface area contributed by atoms with Crippen molar-refractivity contribution < 1.29 is 28.8 Å². The van der Waals surface area contributed by atoms with Gasteiger partial charge in [0.1, 0.15) is 11.5 Å². The van der Waals surface area contributed by atoms with Gasteiger partial charge in [0.25, 0.3) is 0 Å². The molecular weight excluding hydrogens is 556 g/mol. The highest BCUT2D eigenvalue weighted by Gasteiger charge is 2.33.